The summed E-state index contributed by atoms with van der Waals surface area (Å²) in [5, 5.41) is 0.245. The van der Waals surface area contributed by atoms with Gasteiger partial charge in [0.15, 0.2) is 0 Å². The average Bonchev–Trinajstić information content (AvgIpc) is 3.24. The summed E-state index contributed by atoms with van der Waals surface area (Å²) in [6.07, 6.45) is 27.4. The monoisotopic (exact) mass is 665 g/mol. The van der Waals surface area contributed by atoms with Gasteiger partial charge in [0, 0.05) is 19.8 Å². The number of rotatable bonds is 31. The fraction of sp³-hybridized carbons (Fsp3) is 0.868. The Morgan fingerprint density at radius 2 is 0.723 bits per heavy atom. The minimum atomic E-state index is -1.66. The molecule has 9 nitrogen and oxygen atoms in total. The van der Waals surface area contributed by atoms with Crippen molar-refractivity contribution in [2.75, 3.05) is 0 Å². The second kappa shape index (κ2) is 28.6. The Morgan fingerprint density at radius 3 is 0.979 bits per heavy atom. The number of hydroxylamine groups is 2. The molecule has 1 fully saturated rings. The zero-order valence-electron chi connectivity index (χ0n) is 30.2. The molecular weight excluding hydrogens is 598 g/mol. The van der Waals surface area contributed by atoms with Gasteiger partial charge < -0.3 is 14.3 Å². The van der Waals surface area contributed by atoms with Gasteiger partial charge in [0.05, 0.1) is 0 Å². The molecule has 0 spiro atoms. The Hall–Kier alpha value is -2.45. The van der Waals surface area contributed by atoms with E-state index >= 15 is 0 Å². The second-order valence-corrected chi connectivity index (χ2v) is 13.4. The van der Waals surface area contributed by atoms with E-state index in [2.05, 4.69) is 13.8 Å². The summed E-state index contributed by atoms with van der Waals surface area (Å²) in [5.41, 5.74) is 0. The molecule has 1 aliphatic heterocycles. The van der Waals surface area contributed by atoms with Gasteiger partial charge in [-0.1, -0.05) is 173 Å². The van der Waals surface area contributed by atoms with E-state index in [1.807, 2.05) is 0 Å². The summed E-state index contributed by atoms with van der Waals surface area (Å²) in [6.45, 7) is 5.51. The lowest BCUT2D eigenvalue weighted by atomic mass is 10.0. The normalized spacial score (nSPS) is 16.1. The van der Waals surface area contributed by atoms with Crippen molar-refractivity contribution in [3.8, 4) is 0 Å². The fourth-order valence-electron chi connectivity index (χ4n) is 6.02. The summed E-state index contributed by atoms with van der Waals surface area (Å²) in [7, 11) is 0. The van der Waals surface area contributed by atoms with Crippen molar-refractivity contribution in [1.29, 1.82) is 0 Å². The maximum Gasteiger partial charge on any atom is 0.330 e. The van der Waals surface area contributed by atoms with E-state index in [0.717, 1.165) is 45.4 Å². The minimum Gasteiger partial charge on any atom is -0.447 e. The molecule has 0 aromatic rings. The molecule has 0 aromatic carbocycles. The Kier molecular flexibility index (Phi) is 25.9. The predicted molar refractivity (Wildman–Crippen MR) is 184 cm³/mol. The number of carbonyl (C=O) groups is 5. The van der Waals surface area contributed by atoms with Gasteiger partial charge in [-0.05, 0) is 12.8 Å². The van der Waals surface area contributed by atoms with Gasteiger partial charge in [-0.3, -0.25) is 19.2 Å². The predicted octanol–water partition coefficient (Wildman–Crippen LogP) is 9.62. The second-order valence-electron chi connectivity index (χ2n) is 13.4. The van der Waals surface area contributed by atoms with Gasteiger partial charge in [0.25, 0.3) is 0 Å². The lowest BCUT2D eigenvalue weighted by Gasteiger charge is -2.16. The maximum atomic E-state index is 12.8. The van der Waals surface area contributed by atoms with Crippen molar-refractivity contribution in [3.05, 3.63) is 0 Å². The van der Waals surface area contributed by atoms with Gasteiger partial charge in [-0.25, -0.2) is 4.79 Å². The lowest BCUT2D eigenvalue weighted by molar-refractivity contribution is -0.198. The number of unbranched alkanes of at least 4 members (excludes halogenated alkanes) is 24. The highest BCUT2D eigenvalue weighted by Gasteiger charge is 2.55. The van der Waals surface area contributed by atoms with Crippen LogP contribution in [0.15, 0.2) is 0 Å². The van der Waals surface area contributed by atoms with Crippen LogP contribution in [-0.4, -0.2) is 47.0 Å². The maximum absolute atomic E-state index is 12.8. The Bertz CT molecular complexity index is 814. The first-order valence-corrected chi connectivity index (χ1v) is 19.3. The van der Waals surface area contributed by atoms with Crippen LogP contribution in [-0.2, 0) is 38.3 Å². The number of amides is 2. The summed E-state index contributed by atoms with van der Waals surface area (Å²) in [6, 6.07) is 0. The third kappa shape index (κ3) is 21.2. The standard InChI is InChI=1S/C38H67NO8/c1-4-6-8-10-12-14-16-18-20-22-24-26-28-30-33(41)45-35-36(38(44)39(37(35)43)47-32(3)40)46-34(42)31-29-27-25-23-21-19-17-15-13-11-9-7-5-2/h35-36H,4-31H2,1-3H3. The molecular formula is C38H67NO8. The van der Waals surface area contributed by atoms with Crippen molar-refractivity contribution in [3.63, 3.8) is 0 Å². The SMILES string of the molecule is CCCCCCCCCCCCCCCC(=O)OC1C(=O)N(OC(C)=O)C(=O)C1OC(=O)CCCCCCCCCCCCCCC. The van der Waals surface area contributed by atoms with Gasteiger partial charge in [0.2, 0.25) is 12.2 Å². The Morgan fingerprint density at radius 1 is 0.468 bits per heavy atom. The molecule has 0 saturated carbocycles. The summed E-state index contributed by atoms with van der Waals surface area (Å²) >= 11 is 0. The van der Waals surface area contributed by atoms with Crippen LogP contribution in [0.1, 0.15) is 201 Å². The van der Waals surface area contributed by atoms with E-state index < -0.39 is 41.9 Å². The fourth-order valence-corrected chi connectivity index (χ4v) is 6.02. The largest absolute Gasteiger partial charge is 0.447 e. The van der Waals surface area contributed by atoms with E-state index in [4.69, 9.17) is 14.3 Å². The molecule has 272 valence electrons. The molecule has 0 bridgehead atoms. The molecule has 1 heterocycles. The van der Waals surface area contributed by atoms with E-state index in [1.54, 1.807) is 0 Å². The number of esters is 2. The first-order valence-electron chi connectivity index (χ1n) is 19.3. The van der Waals surface area contributed by atoms with Crippen LogP contribution in [0.2, 0.25) is 0 Å². The third-order valence-corrected chi connectivity index (χ3v) is 8.87. The molecule has 0 radical (unpaired) electrons. The van der Waals surface area contributed by atoms with E-state index in [-0.39, 0.29) is 17.9 Å². The average molecular weight is 666 g/mol. The highest BCUT2D eigenvalue weighted by atomic mass is 16.7. The number of nitrogens with zero attached hydrogens (tertiary/aromatic N) is 1. The van der Waals surface area contributed by atoms with E-state index in [9.17, 15) is 24.0 Å². The zero-order valence-corrected chi connectivity index (χ0v) is 30.2. The molecule has 2 atom stereocenters. The zero-order chi connectivity index (χ0) is 34.5. The van der Waals surface area contributed by atoms with Crippen molar-refractivity contribution >= 4 is 29.7 Å². The molecule has 47 heavy (non-hydrogen) atoms. The quantitative estimate of drug-likeness (QED) is 0.0408. The highest BCUT2D eigenvalue weighted by molar-refractivity contribution is 6.08. The van der Waals surface area contributed by atoms with Crippen LogP contribution in [0.3, 0.4) is 0 Å². The smallest absolute Gasteiger partial charge is 0.330 e. The molecule has 0 aromatic heterocycles. The minimum absolute atomic E-state index is 0.0862. The number of carbonyl (C=O) groups excluding carboxylic acids is 5. The molecule has 1 rings (SSSR count). The molecule has 1 saturated heterocycles. The first kappa shape index (κ1) is 42.6. The first-order chi connectivity index (χ1) is 22.8. The third-order valence-electron chi connectivity index (χ3n) is 8.87. The summed E-state index contributed by atoms with van der Waals surface area (Å²) < 4.78 is 10.7. The Labute approximate surface area is 285 Å². The molecule has 0 N–H and O–H groups in total. The van der Waals surface area contributed by atoms with Crippen LogP contribution in [0.5, 0.6) is 0 Å². The number of hydrogen-bond donors (Lipinski definition) is 0. The van der Waals surface area contributed by atoms with Crippen molar-refractivity contribution in [2.45, 2.75) is 213 Å². The number of imide groups is 1. The van der Waals surface area contributed by atoms with Crippen LogP contribution >= 0.6 is 0 Å². The molecule has 2 amide bonds. The lowest BCUT2D eigenvalue weighted by Crippen LogP contribution is -2.37. The number of hydrogen-bond acceptors (Lipinski definition) is 8. The van der Waals surface area contributed by atoms with Gasteiger partial charge in [0.1, 0.15) is 0 Å². The molecule has 1 aliphatic rings. The van der Waals surface area contributed by atoms with Crippen LogP contribution in [0.25, 0.3) is 0 Å². The summed E-state index contributed by atoms with van der Waals surface area (Å²) in [4.78, 5) is 67.0. The van der Waals surface area contributed by atoms with Gasteiger partial charge in [-0.2, -0.15) is 0 Å². The highest BCUT2D eigenvalue weighted by Crippen LogP contribution is 2.23. The van der Waals surface area contributed by atoms with Gasteiger partial charge >= 0.3 is 29.7 Å². The van der Waals surface area contributed by atoms with Crippen molar-refractivity contribution in [1.82, 2.24) is 5.06 Å². The van der Waals surface area contributed by atoms with Crippen LogP contribution < -0.4 is 0 Å². The van der Waals surface area contributed by atoms with Crippen LogP contribution in [0.4, 0.5) is 0 Å². The summed E-state index contributed by atoms with van der Waals surface area (Å²) in [5.74, 6) is -4.24. The van der Waals surface area contributed by atoms with E-state index in [0.29, 0.717) is 12.8 Å². The number of ether oxygens (including phenoxy) is 2. The van der Waals surface area contributed by atoms with Crippen LogP contribution in [0, 0.1) is 0 Å². The Balaban J connectivity index is 2.31. The van der Waals surface area contributed by atoms with Gasteiger partial charge in [-0.15, -0.1) is 0 Å². The molecule has 0 aliphatic carbocycles. The molecule has 2 unspecified atom stereocenters. The van der Waals surface area contributed by atoms with Crippen molar-refractivity contribution < 1.29 is 38.3 Å². The van der Waals surface area contributed by atoms with E-state index in [1.165, 1.54) is 116 Å². The van der Waals surface area contributed by atoms with Crippen molar-refractivity contribution in [2.24, 2.45) is 0 Å². The topological polar surface area (TPSA) is 116 Å². The molecule has 9 heteroatoms.